The van der Waals surface area contributed by atoms with Crippen molar-refractivity contribution in [3.63, 3.8) is 0 Å². The second kappa shape index (κ2) is 10.8. The summed E-state index contributed by atoms with van der Waals surface area (Å²) in [5.41, 5.74) is 1.49. The number of thioether (sulfide) groups is 1. The largest absolute Gasteiger partial charge is 0.394 e. The third kappa shape index (κ3) is 4.42. The van der Waals surface area contributed by atoms with E-state index in [1.807, 2.05) is 69.9 Å². The van der Waals surface area contributed by atoms with Crippen molar-refractivity contribution in [2.45, 2.75) is 69.0 Å². The van der Waals surface area contributed by atoms with Crippen LogP contribution in [0, 0.1) is 24.7 Å². The molecule has 1 aromatic rings. The van der Waals surface area contributed by atoms with E-state index in [2.05, 4.69) is 6.08 Å². The maximum Gasteiger partial charge on any atom is 0.251 e. The topological polar surface area (TPSA) is 81.2 Å². The molecule has 3 amide bonds. The van der Waals surface area contributed by atoms with Gasteiger partial charge in [0.05, 0.1) is 39.9 Å². The second-order valence-electron chi connectivity index (χ2n) is 12.2. The van der Waals surface area contributed by atoms with E-state index >= 15 is 0 Å². The molecule has 0 bridgehead atoms. The Bertz CT molecular complexity index is 1250. The number of halogens is 1. The number of fused-ring (bicyclic) bond motifs is 2. The molecule has 2 fully saturated rings. The van der Waals surface area contributed by atoms with Crippen LogP contribution in [0.2, 0.25) is 5.02 Å². The van der Waals surface area contributed by atoms with Crippen molar-refractivity contribution >= 4 is 46.8 Å². The molecule has 1 N–H and O–H groups in total. The number of para-hydroxylation sites is 1. The number of aliphatic hydroxyl groups is 1. The van der Waals surface area contributed by atoms with Gasteiger partial charge in [-0.2, -0.15) is 0 Å². The van der Waals surface area contributed by atoms with Gasteiger partial charge in [0.2, 0.25) is 11.8 Å². The Labute approximate surface area is 246 Å². The first kappa shape index (κ1) is 29.2. The van der Waals surface area contributed by atoms with Crippen LogP contribution in [0.1, 0.15) is 46.1 Å². The quantitative estimate of drug-likeness (QED) is 0.478. The molecule has 2 saturated heterocycles. The zero-order chi connectivity index (χ0) is 29.0. The van der Waals surface area contributed by atoms with Crippen LogP contribution in [-0.2, 0) is 14.4 Å². The van der Waals surface area contributed by atoms with E-state index in [-0.39, 0.29) is 30.2 Å². The minimum absolute atomic E-state index is 0.0361. The summed E-state index contributed by atoms with van der Waals surface area (Å²) in [6.45, 7) is 11.3. The van der Waals surface area contributed by atoms with Gasteiger partial charge in [0.15, 0.2) is 0 Å². The van der Waals surface area contributed by atoms with Crippen molar-refractivity contribution in [3.05, 3.63) is 53.1 Å². The fourth-order valence-corrected chi connectivity index (χ4v) is 9.83. The van der Waals surface area contributed by atoms with E-state index in [0.717, 1.165) is 12.0 Å². The summed E-state index contributed by atoms with van der Waals surface area (Å²) < 4.78 is -1.62. The molecule has 7 nitrogen and oxygen atoms in total. The first-order valence-corrected chi connectivity index (χ1v) is 15.5. The third-order valence-electron chi connectivity index (χ3n) is 8.88. The van der Waals surface area contributed by atoms with Gasteiger partial charge in [-0.15, -0.1) is 11.8 Å². The van der Waals surface area contributed by atoms with Crippen molar-refractivity contribution < 1.29 is 19.5 Å². The highest BCUT2D eigenvalue weighted by atomic mass is 35.5. The van der Waals surface area contributed by atoms with Gasteiger partial charge in [-0.25, -0.2) is 0 Å². The predicted molar refractivity (Wildman–Crippen MR) is 160 cm³/mol. The van der Waals surface area contributed by atoms with Crippen LogP contribution in [-0.4, -0.2) is 80.4 Å². The van der Waals surface area contributed by atoms with E-state index in [1.165, 1.54) is 0 Å². The van der Waals surface area contributed by atoms with Crippen LogP contribution in [0.25, 0.3) is 0 Å². The minimum atomic E-state index is -0.961. The number of amides is 3. The number of anilines is 1. The van der Waals surface area contributed by atoms with Crippen LogP contribution < -0.4 is 4.90 Å². The third-order valence-corrected chi connectivity index (χ3v) is 11.0. The molecule has 6 atom stereocenters. The minimum Gasteiger partial charge on any atom is -0.394 e. The van der Waals surface area contributed by atoms with E-state index in [9.17, 15) is 19.5 Å². The molecule has 0 radical (unpaired) electrons. The Morgan fingerprint density at radius 1 is 1.07 bits per heavy atom. The summed E-state index contributed by atoms with van der Waals surface area (Å²) in [4.78, 5) is 48.8. The number of aryl methyl sites for hydroxylation is 1. The summed E-state index contributed by atoms with van der Waals surface area (Å²) >= 11 is 8.23. The molecule has 0 aliphatic carbocycles. The molecule has 1 spiro atoms. The lowest BCUT2D eigenvalue weighted by Gasteiger charge is -2.40. The molecule has 1 unspecified atom stereocenters. The van der Waals surface area contributed by atoms with Gasteiger partial charge in [0.25, 0.3) is 5.91 Å². The Morgan fingerprint density at radius 3 is 2.45 bits per heavy atom. The number of hydrogen-bond donors (Lipinski definition) is 1. The molecular formula is C31H40ClN3O4S. The molecule has 0 saturated carbocycles. The van der Waals surface area contributed by atoms with Gasteiger partial charge in [0, 0.05) is 24.4 Å². The fourth-order valence-electron chi connectivity index (χ4n) is 7.36. The number of aliphatic hydroxyl groups excluding tert-OH is 1. The Morgan fingerprint density at radius 2 is 1.80 bits per heavy atom. The van der Waals surface area contributed by atoms with Crippen LogP contribution >= 0.6 is 23.4 Å². The predicted octanol–water partition coefficient (Wildman–Crippen LogP) is 4.45. The van der Waals surface area contributed by atoms with Crippen molar-refractivity contribution in [3.8, 4) is 0 Å². The number of nitrogens with zero attached hydrogens (tertiary/aromatic N) is 3. The maximum absolute atomic E-state index is 14.8. The number of rotatable bonds is 7. The molecule has 9 heteroatoms. The van der Waals surface area contributed by atoms with Crippen LogP contribution in [0.15, 0.2) is 42.5 Å². The standard InChI is InChI=1S/C31H40ClN3O4S/c1-6-14-33-15-8-12-30(5)23(27(33)37)24-28(38)35(21(18-36)17-19(2)3)26-29(39)34(16-9-13-31(24,26)40-30)25-20(4)10-7-11-22(25)32/h7-13,19,21,23-24,26,36H,6,14-18H2,1-5H3/t21-,23-,24+,26?,30+,31+/m1/s1. The average Bonchev–Trinajstić information content (AvgIpc) is 3.17. The molecule has 216 valence electrons. The van der Waals surface area contributed by atoms with Crippen molar-refractivity contribution in [1.82, 2.24) is 9.80 Å². The summed E-state index contributed by atoms with van der Waals surface area (Å²) in [5, 5.41) is 11.0. The van der Waals surface area contributed by atoms with E-state index in [0.29, 0.717) is 36.8 Å². The summed E-state index contributed by atoms with van der Waals surface area (Å²) in [6.07, 6.45) is 9.46. The zero-order valence-electron chi connectivity index (χ0n) is 24.0. The molecule has 4 aliphatic rings. The van der Waals surface area contributed by atoms with Gasteiger partial charge >= 0.3 is 0 Å². The smallest absolute Gasteiger partial charge is 0.251 e. The molecule has 4 heterocycles. The molecular weight excluding hydrogens is 546 g/mol. The van der Waals surface area contributed by atoms with Crippen LogP contribution in [0.5, 0.6) is 0 Å². The lowest BCUT2D eigenvalue weighted by molar-refractivity contribution is -0.145. The monoisotopic (exact) mass is 585 g/mol. The first-order chi connectivity index (χ1) is 19.0. The maximum atomic E-state index is 14.8. The lowest BCUT2D eigenvalue weighted by Crippen LogP contribution is -2.57. The van der Waals surface area contributed by atoms with Crippen molar-refractivity contribution in [2.75, 3.05) is 31.1 Å². The SMILES string of the molecule is CCCN1CC=C[C@]2(C)S[C@]34C=CCN(c5c(C)cccc5Cl)C(=O)C3N([C@@H](CO)CC(C)C)C(=O)[C@@H]4[C@@H]2C1=O. The number of benzene rings is 1. The molecule has 4 aliphatic heterocycles. The van der Waals surface area contributed by atoms with Gasteiger partial charge in [-0.05, 0) is 44.2 Å². The Kier molecular flexibility index (Phi) is 7.92. The normalized spacial score (nSPS) is 32.4. The first-order valence-electron chi connectivity index (χ1n) is 14.3. The van der Waals surface area contributed by atoms with E-state index in [4.69, 9.17) is 11.6 Å². The van der Waals surface area contributed by atoms with Crippen molar-refractivity contribution in [2.24, 2.45) is 17.8 Å². The highest BCUT2D eigenvalue weighted by Gasteiger charge is 2.74. The lowest BCUT2D eigenvalue weighted by atomic mass is 9.74. The average molecular weight is 586 g/mol. The van der Waals surface area contributed by atoms with Gasteiger partial charge in [-0.3, -0.25) is 14.4 Å². The molecule has 40 heavy (non-hydrogen) atoms. The Hall–Kier alpha value is -2.29. The van der Waals surface area contributed by atoms with E-state index in [1.54, 1.807) is 27.6 Å². The number of carbonyl (C=O) groups is 3. The molecule has 0 aromatic heterocycles. The summed E-state index contributed by atoms with van der Waals surface area (Å²) in [5.74, 6) is -1.63. The number of hydrogen-bond acceptors (Lipinski definition) is 5. The van der Waals surface area contributed by atoms with Crippen molar-refractivity contribution in [1.29, 1.82) is 0 Å². The van der Waals surface area contributed by atoms with E-state index < -0.39 is 33.4 Å². The second-order valence-corrected chi connectivity index (χ2v) is 14.4. The fraction of sp³-hybridized carbons (Fsp3) is 0.581. The number of likely N-dealkylation sites (tertiary alicyclic amines) is 1. The van der Waals surface area contributed by atoms with Crippen LogP contribution in [0.4, 0.5) is 5.69 Å². The highest BCUT2D eigenvalue weighted by molar-refractivity contribution is 8.02. The zero-order valence-corrected chi connectivity index (χ0v) is 25.5. The number of carbonyl (C=O) groups excluding carboxylic acids is 3. The van der Waals surface area contributed by atoms with Gasteiger partial charge < -0.3 is 19.8 Å². The molecule has 5 rings (SSSR count). The van der Waals surface area contributed by atoms with Gasteiger partial charge in [-0.1, -0.05) is 68.8 Å². The Balaban J connectivity index is 1.69. The summed E-state index contributed by atoms with van der Waals surface area (Å²) in [7, 11) is 0. The summed E-state index contributed by atoms with van der Waals surface area (Å²) in [6, 6.07) is 4.12. The highest BCUT2D eigenvalue weighted by Crippen LogP contribution is 2.66. The van der Waals surface area contributed by atoms with Crippen LogP contribution in [0.3, 0.4) is 0 Å². The van der Waals surface area contributed by atoms with Gasteiger partial charge in [0.1, 0.15) is 6.04 Å². The molecule has 1 aromatic carbocycles.